The fourth-order valence-corrected chi connectivity index (χ4v) is 1.61. The minimum Gasteiger partial charge on any atom is -0.496 e. The van der Waals surface area contributed by atoms with E-state index in [4.69, 9.17) is 10.00 Å². The van der Waals surface area contributed by atoms with Gasteiger partial charge >= 0.3 is 0 Å². The average Bonchev–Trinajstić information content (AvgIpc) is 2.39. The Bertz CT molecular complexity index is 638. The van der Waals surface area contributed by atoms with Crippen molar-refractivity contribution in [3.63, 3.8) is 0 Å². The second-order valence-corrected chi connectivity index (χ2v) is 3.44. The van der Waals surface area contributed by atoms with Gasteiger partial charge in [-0.15, -0.1) is 0 Å². The third-order valence-corrected chi connectivity index (χ3v) is 2.44. The quantitative estimate of drug-likeness (QED) is 0.850. The number of para-hydroxylation sites is 1. The molecule has 1 aromatic heterocycles. The van der Waals surface area contributed by atoms with Gasteiger partial charge in [-0.3, -0.25) is 4.79 Å². The maximum atomic E-state index is 11.3. The van der Waals surface area contributed by atoms with E-state index in [1.807, 2.05) is 30.3 Å². The van der Waals surface area contributed by atoms with Gasteiger partial charge in [-0.1, -0.05) is 18.2 Å². The minimum absolute atomic E-state index is 0.0911. The molecule has 0 fully saturated rings. The van der Waals surface area contributed by atoms with Crippen molar-refractivity contribution in [2.75, 3.05) is 7.11 Å². The van der Waals surface area contributed by atoms with Gasteiger partial charge in [0.1, 0.15) is 17.4 Å². The molecule has 84 valence electrons. The number of aromatic nitrogens is 1. The van der Waals surface area contributed by atoms with Crippen LogP contribution in [0, 0.1) is 11.3 Å². The highest BCUT2D eigenvalue weighted by Crippen LogP contribution is 2.28. The Kier molecular flexibility index (Phi) is 2.93. The van der Waals surface area contributed by atoms with Crippen molar-refractivity contribution in [1.82, 2.24) is 4.98 Å². The van der Waals surface area contributed by atoms with Gasteiger partial charge in [0.2, 0.25) is 0 Å². The molecule has 1 heterocycles. The van der Waals surface area contributed by atoms with E-state index >= 15 is 0 Å². The number of nitrogens with one attached hydrogen (secondary N) is 1. The zero-order valence-electron chi connectivity index (χ0n) is 9.23. The predicted octanol–water partition coefficient (Wildman–Crippen LogP) is 1.92. The smallest absolute Gasteiger partial charge is 0.265 e. The first-order valence-electron chi connectivity index (χ1n) is 5.02. The summed E-state index contributed by atoms with van der Waals surface area (Å²) < 4.78 is 5.23. The first-order chi connectivity index (χ1) is 8.26. The van der Waals surface area contributed by atoms with Gasteiger partial charge in [-0.25, -0.2) is 0 Å². The monoisotopic (exact) mass is 226 g/mol. The number of methoxy groups -OCH3 is 1. The zero-order valence-corrected chi connectivity index (χ0v) is 9.23. The standard InChI is InChI=1S/C13H10N2O2/c1-17-12-5-3-2-4-11(12)10-6-9(7-14)13(16)15-8-10/h2-6,8H,1H3,(H,15,16). The lowest BCUT2D eigenvalue weighted by Gasteiger charge is -2.07. The molecule has 0 saturated heterocycles. The number of benzene rings is 1. The third-order valence-electron chi connectivity index (χ3n) is 2.44. The van der Waals surface area contributed by atoms with E-state index in [0.717, 1.165) is 11.1 Å². The Morgan fingerprint density at radius 3 is 2.82 bits per heavy atom. The lowest BCUT2D eigenvalue weighted by molar-refractivity contribution is 0.416. The Morgan fingerprint density at radius 2 is 2.12 bits per heavy atom. The summed E-state index contributed by atoms with van der Waals surface area (Å²) >= 11 is 0. The van der Waals surface area contributed by atoms with Crippen molar-refractivity contribution >= 4 is 0 Å². The Labute approximate surface area is 98.1 Å². The number of H-pyrrole nitrogens is 1. The molecule has 17 heavy (non-hydrogen) atoms. The van der Waals surface area contributed by atoms with Crippen LogP contribution in [-0.2, 0) is 0 Å². The topological polar surface area (TPSA) is 65.9 Å². The van der Waals surface area contributed by atoms with E-state index < -0.39 is 0 Å². The highest BCUT2D eigenvalue weighted by Gasteiger charge is 2.07. The van der Waals surface area contributed by atoms with Crippen LogP contribution >= 0.6 is 0 Å². The van der Waals surface area contributed by atoms with Crippen LogP contribution in [0.1, 0.15) is 5.56 Å². The average molecular weight is 226 g/mol. The third kappa shape index (κ3) is 2.04. The molecule has 2 rings (SSSR count). The zero-order chi connectivity index (χ0) is 12.3. The van der Waals surface area contributed by atoms with E-state index in [-0.39, 0.29) is 11.1 Å². The Hall–Kier alpha value is -2.54. The van der Waals surface area contributed by atoms with Crippen molar-refractivity contribution in [3.8, 4) is 22.9 Å². The minimum atomic E-state index is -0.383. The fourth-order valence-electron chi connectivity index (χ4n) is 1.61. The second-order valence-electron chi connectivity index (χ2n) is 3.44. The van der Waals surface area contributed by atoms with Crippen LogP contribution in [0.4, 0.5) is 0 Å². The van der Waals surface area contributed by atoms with Gasteiger partial charge in [0.15, 0.2) is 0 Å². The van der Waals surface area contributed by atoms with Crippen LogP contribution in [0.25, 0.3) is 11.1 Å². The van der Waals surface area contributed by atoms with Crippen molar-refractivity contribution < 1.29 is 4.74 Å². The highest BCUT2D eigenvalue weighted by atomic mass is 16.5. The fraction of sp³-hybridized carbons (Fsp3) is 0.0769. The summed E-state index contributed by atoms with van der Waals surface area (Å²) in [5.41, 5.74) is 1.29. The molecule has 0 spiro atoms. The molecule has 1 aromatic carbocycles. The molecular weight excluding hydrogens is 216 g/mol. The van der Waals surface area contributed by atoms with Crippen molar-refractivity contribution in [1.29, 1.82) is 5.26 Å². The van der Waals surface area contributed by atoms with E-state index in [9.17, 15) is 4.79 Å². The van der Waals surface area contributed by atoms with Crippen LogP contribution < -0.4 is 10.3 Å². The first-order valence-corrected chi connectivity index (χ1v) is 5.02. The molecule has 4 heteroatoms. The maximum absolute atomic E-state index is 11.3. The molecule has 0 amide bonds. The maximum Gasteiger partial charge on any atom is 0.265 e. The van der Waals surface area contributed by atoms with E-state index in [1.165, 1.54) is 0 Å². The predicted molar refractivity (Wildman–Crippen MR) is 63.8 cm³/mol. The molecule has 1 N–H and O–H groups in total. The molecule has 0 radical (unpaired) electrons. The lowest BCUT2D eigenvalue weighted by atomic mass is 10.1. The van der Waals surface area contributed by atoms with Gasteiger partial charge in [-0.2, -0.15) is 5.26 Å². The molecule has 4 nitrogen and oxygen atoms in total. The summed E-state index contributed by atoms with van der Waals surface area (Å²) in [7, 11) is 1.58. The number of nitriles is 1. The van der Waals surface area contributed by atoms with Gasteiger partial charge < -0.3 is 9.72 Å². The largest absolute Gasteiger partial charge is 0.496 e. The molecular formula is C13H10N2O2. The molecule has 0 unspecified atom stereocenters. The summed E-state index contributed by atoms with van der Waals surface area (Å²) in [4.78, 5) is 13.8. The van der Waals surface area contributed by atoms with E-state index in [1.54, 1.807) is 19.4 Å². The number of pyridine rings is 1. The number of hydrogen-bond donors (Lipinski definition) is 1. The van der Waals surface area contributed by atoms with Crippen molar-refractivity contribution in [2.45, 2.75) is 0 Å². The van der Waals surface area contributed by atoms with Crippen LogP contribution in [-0.4, -0.2) is 12.1 Å². The summed E-state index contributed by atoms with van der Waals surface area (Å²) in [6, 6.07) is 10.8. The first kappa shape index (κ1) is 11.0. The summed E-state index contributed by atoms with van der Waals surface area (Å²) in [6.07, 6.45) is 1.57. The summed E-state index contributed by atoms with van der Waals surface area (Å²) in [5, 5.41) is 8.82. The SMILES string of the molecule is COc1ccccc1-c1c[nH]c(=O)c(C#N)c1. The number of hydrogen-bond acceptors (Lipinski definition) is 3. The molecule has 0 bridgehead atoms. The van der Waals surface area contributed by atoms with Crippen molar-refractivity contribution in [2.24, 2.45) is 0 Å². The van der Waals surface area contributed by atoms with E-state index in [2.05, 4.69) is 4.98 Å². The Balaban J connectivity index is 2.62. The number of rotatable bonds is 2. The van der Waals surface area contributed by atoms with Crippen LogP contribution in [0.15, 0.2) is 41.3 Å². The molecule has 0 aliphatic heterocycles. The molecule has 2 aromatic rings. The van der Waals surface area contributed by atoms with Crippen LogP contribution in [0.3, 0.4) is 0 Å². The Morgan fingerprint density at radius 1 is 1.35 bits per heavy atom. The van der Waals surface area contributed by atoms with Gasteiger partial charge in [0.25, 0.3) is 5.56 Å². The summed E-state index contributed by atoms with van der Waals surface area (Å²) in [5.74, 6) is 0.698. The van der Waals surface area contributed by atoms with Crippen molar-refractivity contribution in [3.05, 3.63) is 52.4 Å². The lowest BCUT2D eigenvalue weighted by Crippen LogP contribution is -2.08. The van der Waals surface area contributed by atoms with E-state index in [0.29, 0.717) is 5.75 Å². The van der Waals surface area contributed by atoms with Crippen LogP contribution in [0.5, 0.6) is 5.75 Å². The highest BCUT2D eigenvalue weighted by molar-refractivity contribution is 5.70. The van der Waals surface area contributed by atoms with Gasteiger partial charge in [-0.05, 0) is 12.1 Å². The molecule has 0 saturated carbocycles. The number of ether oxygens (including phenoxy) is 1. The number of nitrogens with zero attached hydrogens (tertiary/aromatic N) is 1. The molecule has 0 aliphatic carbocycles. The van der Waals surface area contributed by atoms with Gasteiger partial charge in [0, 0.05) is 17.3 Å². The number of aromatic amines is 1. The van der Waals surface area contributed by atoms with Gasteiger partial charge in [0.05, 0.1) is 7.11 Å². The van der Waals surface area contributed by atoms with Crippen LogP contribution in [0.2, 0.25) is 0 Å². The molecule has 0 aliphatic rings. The molecule has 0 atom stereocenters. The summed E-state index contributed by atoms with van der Waals surface area (Å²) in [6.45, 7) is 0. The second kappa shape index (κ2) is 4.54. The normalized spacial score (nSPS) is 9.65.